The average molecular weight is 744 g/mol. The van der Waals surface area contributed by atoms with Crippen LogP contribution in [-0.4, -0.2) is 96.1 Å². The van der Waals surface area contributed by atoms with Crippen LogP contribution < -0.4 is 21.5 Å². The first kappa shape index (κ1) is 31.9. The Balaban J connectivity index is 1.12. The molecule has 3 fully saturated rings. The van der Waals surface area contributed by atoms with E-state index >= 15 is 0 Å². The number of likely N-dealkylation sites (tertiary alicyclic amines) is 2. The Labute approximate surface area is 280 Å². The molecule has 3 aliphatic rings. The number of carbonyl (C=O) groups is 2. The third kappa shape index (κ3) is 7.33. The summed E-state index contributed by atoms with van der Waals surface area (Å²) in [6.45, 7) is 5.63. The highest BCUT2D eigenvalue weighted by atomic mass is 79.9. The van der Waals surface area contributed by atoms with Crippen LogP contribution in [0.2, 0.25) is 0 Å². The molecule has 45 heavy (non-hydrogen) atoms. The summed E-state index contributed by atoms with van der Waals surface area (Å²) < 4.78 is 1.48. The van der Waals surface area contributed by atoms with Crippen molar-refractivity contribution in [3.8, 4) is 0 Å². The lowest BCUT2D eigenvalue weighted by Crippen LogP contribution is -2.58. The second-order valence-corrected chi connectivity index (χ2v) is 14.1. The summed E-state index contributed by atoms with van der Waals surface area (Å²) in [6.07, 6.45) is 6.09. The fourth-order valence-corrected chi connectivity index (χ4v) is 8.19. The number of carbonyl (C=O) groups excluding carboxylic acids is 2. The maximum Gasteiger partial charge on any atom is 0.318 e. The van der Waals surface area contributed by atoms with Gasteiger partial charge in [0.15, 0.2) is 0 Å². The van der Waals surface area contributed by atoms with Crippen molar-refractivity contribution in [3.05, 3.63) is 67.3 Å². The number of amides is 3. The molecule has 0 unspecified atom stereocenters. The molecule has 3 saturated heterocycles. The number of anilines is 2. The number of hydrogen-bond acceptors (Lipinski definition) is 6. The van der Waals surface area contributed by atoms with E-state index in [0.717, 1.165) is 51.3 Å². The van der Waals surface area contributed by atoms with Gasteiger partial charge in [0.25, 0.3) is 5.56 Å². The largest absolute Gasteiger partial charge is 0.397 e. The van der Waals surface area contributed by atoms with E-state index in [4.69, 9.17) is 5.73 Å². The van der Waals surface area contributed by atoms with Crippen molar-refractivity contribution in [2.45, 2.75) is 50.6 Å². The molecule has 1 aromatic heterocycles. The van der Waals surface area contributed by atoms with Gasteiger partial charge in [0.2, 0.25) is 5.91 Å². The minimum absolute atomic E-state index is 0.0501. The van der Waals surface area contributed by atoms with Crippen LogP contribution in [0.5, 0.6) is 0 Å². The Morgan fingerprint density at radius 1 is 0.889 bits per heavy atom. The minimum atomic E-state index is -0.715. The van der Waals surface area contributed by atoms with Gasteiger partial charge in [-0.05, 0) is 100 Å². The maximum absolute atomic E-state index is 14.0. The lowest BCUT2D eigenvalue weighted by atomic mass is 9.98. The predicted octanol–water partition coefficient (Wildman–Crippen LogP) is 4.56. The number of hydrogen-bond donors (Lipinski definition) is 3. The molecule has 240 valence electrons. The fourth-order valence-electron chi connectivity index (χ4n) is 6.91. The molecule has 3 aromatic rings. The molecule has 4 heterocycles. The SMILES string of the molecule is Nc1c(Br)cc(C[C@@H](NC(=O)N2CCN(c3cc4ccccc4[nH]c3=O)CC2)C(=O)N2CCC(N3CCCCC3)CC2)cc1Br. The topological polar surface area (TPSA) is 118 Å². The van der Waals surface area contributed by atoms with Crippen molar-refractivity contribution in [1.29, 1.82) is 0 Å². The molecule has 3 amide bonds. The van der Waals surface area contributed by atoms with Crippen LogP contribution in [0.4, 0.5) is 16.2 Å². The molecule has 4 N–H and O–H groups in total. The van der Waals surface area contributed by atoms with E-state index in [0.29, 0.717) is 63.1 Å². The fraction of sp³-hybridized carbons (Fsp3) is 0.485. The number of nitrogens with one attached hydrogen (secondary N) is 2. The summed E-state index contributed by atoms with van der Waals surface area (Å²) in [7, 11) is 0. The van der Waals surface area contributed by atoms with Gasteiger partial charge in [-0.15, -0.1) is 0 Å². The van der Waals surface area contributed by atoms with E-state index in [1.54, 1.807) is 4.90 Å². The van der Waals surface area contributed by atoms with Gasteiger partial charge in [-0.1, -0.05) is 24.6 Å². The van der Waals surface area contributed by atoms with Gasteiger partial charge in [-0.2, -0.15) is 0 Å². The van der Waals surface area contributed by atoms with Crippen molar-refractivity contribution in [2.75, 3.05) is 63.0 Å². The molecule has 12 heteroatoms. The second-order valence-electron chi connectivity index (χ2n) is 12.4. The van der Waals surface area contributed by atoms with Crippen molar-refractivity contribution in [3.63, 3.8) is 0 Å². The third-order valence-electron chi connectivity index (χ3n) is 9.50. The summed E-state index contributed by atoms with van der Waals surface area (Å²) >= 11 is 7.04. The average Bonchev–Trinajstić information content (AvgIpc) is 3.06. The van der Waals surface area contributed by atoms with Crippen LogP contribution in [0.3, 0.4) is 0 Å². The Bertz CT molecular complexity index is 1570. The van der Waals surface area contributed by atoms with Gasteiger partial charge in [-0.25, -0.2) is 4.79 Å². The smallest absolute Gasteiger partial charge is 0.318 e. The number of aromatic nitrogens is 1. The van der Waals surface area contributed by atoms with Crippen molar-refractivity contribution in [1.82, 2.24) is 25.0 Å². The van der Waals surface area contributed by atoms with Gasteiger partial charge in [0, 0.05) is 71.6 Å². The summed E-state index contributed by atoms with van der Waals surface area (Å²) in [5.41, 5.74) is 8.88. The van der Waals surface area contributed by atoms with E-state index in [1.807, 2.05) is 52.3 Å². The molecule has 2 aromatic carbocycles. The summed E-state index contributed by atoms with van der Waals surface area (Å²) in [4.78, 5) is 51.7. The lowest BCUT2D eigenvalue weighted by molar-refractivity contribution is -0.134. The van der Waals surface area contributed by atoms with E-state index in [9.17, 15) is 14.4 Å². The zero-order valence-corrected chi connectivity index (χ0v) is 28.6. The minimum Gasteiger partial charge on any atom is -0.397 e. The van der Waals surface area contributed by atoms with E-state index in [-0.39, 0.29) is 17.5 Å². The highest BCUT2D eigenvalue weighted by molar-refractivity contribution is 9.11. The number of piperidine rings is 2. The number of rotatable bonds is 6. The van der Waals surface area contributed by atoms with E-state index < -0.39 is 6.04 Å². The number of nitrogen functional groups attached to an aromatic ring is 1. The number of pyridine rings is 1. The summed E-state index contributed by atoms with van der Waals surface area (Å²) in [6, 6.07) is 13.0. The van der Waals surface area contributed by atoms with Gasteiger partial charge >= 0.3 is 6.03 Å². The van der Waals surface area contributed by atoms with Gasteiger partial charge in [0.05, 0.1) is 5.69 Å². The number of para-hydroxylation sites is 1. The molecule has 0 saturated carbocycles. The predicted molar refractivity (Wildman–Crippen MR) is 186 cm³/mol. The summed E-state index contributed by atoms with van der Waals surface area (Å²) in [5, 5.41) is 4.05. The quantitative estimate of drug-likeness (QED) is 0.319. The molecule has 3 aliphatic heterocycles. The molecule has 0 spiro atoms. The molecular formula is C33H41Br2N7O3. The number of piperazine rings is 1. The second kappa shape index (κ2) is 14.1. The highest BCUT2D eigenvalue weighted by Crippen LogP contribution is 2.30. The molecule has 0 aliphatic carbocycles. The van der Waals surface area contributed by atoms with Crippen LogP contribution in [0.1, 0.15) is 37.7 Å². The number of halogens is 2. The normalized spacial score (nSPS) is 19.1. The number of nitrogens with two attached hydrogens (primary N) is 1. The van der Waals surface area contributed by atoms with Gasteiger partial charge in [-0.3, -0.25) is 9.59 Å². The molecule has 10 nitrogen and oxygen atoms in total. The number of H-pyrrole nitrogens is 1. The van der Waals surface area contributed by atoms with Crippen molar-refractivity contribution < 1.29 is 9.59 Å². The Hall–Kier alpha value is -3.09. The molecule has 1 atom stereocenters. The Morgan fingerprint density at radius 3 is 2.24 bits per heavy atom. The van der Waals surface area contributed by atoms with Gasteiger partial charge < -0.3 is 35.6 Å². The molecule has 0 bridgehead atoms. The van der Waals surface area contributed by atoms with Crippen LogP contribution in [0.25, 0.3) is 10.9 Å². The molecule has 0 radical (unpaired) electrons. The number of benzene rings is 2. The Morgan fingerprint density at radius 2 is 1.56 bits per heavy atom. The van der Waals surface area contributed by atoms with Crippen molar-refractivity contribution >= 4 is 66.1 Å². The zero-order valence-electron chi connectivity index (χ0n) is 25.4. The number of aromatic amines is 1. The number of urea groups is 1. The first-order valence-electron chi connectivity index (χ1n) is 16.0. The van der Waals surface area contributed by atoms with E-state index in [1.165, 1.54) is 19.3 Å². The summed E-state index contributed by atoms with van der Waals surface area (Å²) in [5.74, 6) is -0.0501. The number of nitrogens with zero attached hydrogens (tertiary/aromatic N) is 4. The van der Waals surface area contributed by atoms with Crippen LogP contribution >= 0.6 is 31.9 Å². The van der Waals surface area contributed by atoms with Gasteiger partial charge in [0.1, 0.15) is 11.7 Å². The Kier molecular flexibility index (Phi) is 10.0. The molecule has 6 rings (SSSR count). The third-order valence-corrected chi connectivity index (χ3v) is 10.8. The maximum atomic E-state index is 14.0. The van der Waals surface area contributed by atoms with E-state index in [2.05, 4.69) is 47.1 Å². The molecular weight excluding hydrogens is 702 g/mol. The lowest BCUT2D eigenvalue weighted by Gasteiger charge is -2.41. The monoisotopic (exact) mass is 741 g/mol. The number of fused-ring (bicyclic) bond motifs is 1. The van der Waals surface area contributed by atoms with Crippen molar-refractivity contribution in [2.24, 2.45) is 0 Å². The first-order chi connectivity index (χ1) is 21.8. The van der Waals surface area contributed by atoms with Crippen LogP contribution in [0.15, 0.2) is 56.2 Å². The van der Waals surface area contributed by atoms with Crippen LogP contribution in [-0.2, 0) is 11.2 Å². The standard InChI is InChI=1S/C33H41Br2N7O3/c34-25-18-22(19-26(35)30(25)36)20-28(32(44)41-12-8-24(9-13-41)39-10-4-1-5-11-39)38-33(45)42-16-14-40(15-17-42)29-21-23-6-2-3-7-27(23)37-31(29)43/h2-3,6-7,18-19,21,24,28H,1,4-5,8-17,20,36H2,(H,37,43)(H,38,45)/t28-/m1/s1. The highest BCUT2D eigenvalue weighted by Gasteiger charge is 2.33. The zero-order chi connectivity index (χ0) is 31.5. The van der Waals surface area contributed by atoms with Crippen LogP contribution in [0, 0.1) is 0 Å². The first-order valence-corrected chi connectivity index (χ1v) is 17.5.